The van der Waals surface area contributed by atoms with Crippen molar-refractivity contribution in [2.24, 2.45) is 11.3 Å². The fourth-order valence-electron chi connectivity index (χ4n) is 6.61. The number of benzene rings is 1. The molecule has 2 aromatic rings. The topological polar surface area (TPSA) is 72.5 Å². The average molecular weight is 407 g/mol. The maximum absolute atomic E-state index is 13.3. The van der Waals surface area contributed by atoms with Crippen LogP contribution in [0.2, 0.25) is 0 Å². The van der Waals surface area contributed by atoms with Crippen LogP contribution in [0.5, 0.6) is 0 Å². The third-order valence-corrected chi connectivity index (χ3v) is 8.15. The first-order chi connectivity index (χ1) is 14.7. The molecule has 0 radical (unpaired) electrons. The van der Waals surface area contributed by atoms with Crippen molar-refractivity contribution >= 4 is 5.91 Å². The Morgan fingerprint density at radius 3 is 2.77 bits per heavy atom. The molecule has 158 valence electrons. The smallest absolute Gasteiger partial charge is 0.274 e. The van der Waals surface area contributed by atoms with Crippen LogP contribution in [0.4, 0.5) is 0 Å². The first-order valence-electron chi connectivity index (χ1n) is 11.5. The van der Waals surface area contributed by atoms with E-state index in [1.165, 1.54) is 18.4 Å². The number of hydrogen-bond donors (Lipinski definition) is 2. The van der Waals surface area contributed by atoms with Crippen molar-refractivity contribution in [3.63, 3.8) is 0 Å². The van der Waals surface area contributed by atoms with Crippen LogP contribution in [-0.2, 0) is 12.8 Å². The molecule has 6 rings (SSSR count). The number of nitrogens with one attached hydrogen (secondary N) is 1. The lowest BCUT2D eigenvalue weighted by molar-refractivity contribution is 0.0757. The fourth-order valence-corrected chi connectivity index (χ4v) is 6.61. The molecule has 1 saturated carbocycles. The molecular formula is C24H30N4O2. The van der Waals surface area contributed by atoms with Gasteiger partial charge in [0.2, 0.25) is 0 Å². The van der Waals surface area contributed by atoms with E-state index < -0.39 is 6.10 Å². The van der Waals surface area contributed by atoms with E-state index in [-0.39, 0.29) is 11.3 Å². The summed E-state index contributed by atoms with van der Waals surface area (Å²) in [6.07, 6.45) is 5.06. The highest BCUT2D eigenvalue weighted by molar-refractivity contribution is 5.94. The molecular weight excluding hydrogens is 376 g/mol. The first kappa shape index (κ1) is 18.6. The van der Waals surface area contributed by atoms with E-state index in [4.69, 9.17) is 0 Å². The number of likely N-dealkylation sites (tertiary alicyclic amines) is 2. The van der Waals surface area contributed by atoms with E-state index in [2.05, 4.69) is 39.4 Å². The largest absolute Gasteiger partial charge is 0.391 e. The van der Waals surface area contributed by atoms with Crippen LogP contribution >= 0.6 is 0 Å². The lowest BCUT2D eigenvalue weighted by Crippen LogP contribution is -2.31. The van der Waals surface area contributed by atoms with Crippen molar-refractivity contribution in [2.45, 2.75) is 44.1 Å². The molecule has 2 N–H and O–H groups in total. The Hall–Kier alpha value is -2.18. The number of aromatic amines is 1. The van der Waals surface area contributed by atoms with Crippen molar-refractivity contribution < 1.29 is 9.90 Å². The van der Waals surface area contributed by atoms with Gasteiger partial charge < -0.3 is 14.9 Å². The van der Waals surface area contributed by atoms with Crippen molar-refractivity contribution in [3.8, 4) is 0 Å². The normalized spacial score (nSPS) is 32.8. The van der Waals surface area contributed by atoms with Crippen molar-refractivity contribution in [1.82, 2.24) is 20.0 Å². The highest BCUT2D eigenvalue weighted by atomic mass is 16.3. The number of fused-ring (bicyclic) bond motifs is 1. The lowest BCUT2D eigenvalue weighted by atomic mass is 9.95. The number of β-amino-alcohol motifs (C(OH)–C–C–N with tert-alkyl or cyclic N) is 1. The molecule has 3 fully saturated rings. The number of carbonyl (C=O) groups excluding carboxylic acids is 1. The minimum absolute atomic E-state index is 0.0102. The Morgan fingerprint density at radius 1 is 1.17 bits per heavy atom. The molecule has 3 heterocycles. The summed E-state index contributed by atoms with van der Waals surface area (Å²) in [7, 11) is 0. The lowest BCUT2D eigenvalue weighted by Gasteiger charge is -2.19. The van der Waals surface area contributed by atoms with Crippen LogP contribution in [0.3, 0.4) is 0 Å². The van der Waals surface area contributed by atoms with Gasteiger partial charge in [0.25, 0.3) is 5.91 Å². The maximum atomic E-state index is 13.3. The average Bonchev–Trinajstić information content (AvgIpc) is 3.33. The number of aromatic nitrogens is 2. The van der Waals surface area contributed by atoms with Gasteiger partial charge in [-0.05, 0) is 62.6 Å². The number of rotatable bonds is 4. The third-order valence-electron chi connectivity index (χ3n) is 8.15. The summed E-state index contributed by atoms with van der Waals surface area (Å²) in [5.41, 5.74) is 3.88. The molecule has 2 aliphatic heterocycles. The first-order valence-corrected chi connectivity index (χ1v) is 11.5. The van der Waals surface area contributed by atoms with Crippen LogP contribution in [-0.4, -0.2) is 69.8 Å². The van der Waals surface area contributed by atoms with Crippen LogP contribution in [0, 0.1) is 11.3 Å². The second kappa shape index (κ2) is 6.92. The van der Waals surface area contributed by atoms with E-state index in [1.54, 1.807) is 0 Å². The van der Waals surface area contributed by atoms with Gasteiger partial charge >= 0.3 is 0 Å². The zero-order valence-corrected chi connectivity index (χ0v) is 17.4. The van der Waals surface area contributed by atoms with Gasteiger partial charge in [-0.1, -0.05) is 30.3 Å². The zero-order chi connectivity index (χ0) is 20.3. The van der Waals surface area contributed by atoms with E-state index in [0.717, 1.165) is 50.2 Å². The SMILES string of the molecule is O=C(c1n[nH]c2c1CCC2)N1C[C@@H](O)[C@@]2(C1)[C@H](CN1CCCC1)[C@H]2c1ccccc1. The van der Waals surface area contributed by atoms with Crippen LogP contribution in [0.25, 0.3) is 0 Å². The molecule has 1 aromatic heterocycles. The van der Waals surface area contributed by atoms with E-state index >= 15 is 0 Å². The molecule has 0 unspecified atom stereocenters. The van der Waals surface area contributed by atoms with Gasteiger partial charge in [-0.15, -0.1) is 0 Å². The minimum atomic E-state index is -0.480. The van der Waals surface area contributed by atoms with Gasteiger partial charge in [-0.2, -0.15) is 5.10 Å². The molecule has 4 aliphatic rings. The predicted octanol–water partition coefficient (Wildman–Crippen LogP) is 2.21. The Morgan fingerprint density at radius 2 is 1.97 bits per heavy atom. The summed E-state index contributed by atoms with van der Waals surface area (Å²) in [6, 6.07) is 10.6. The van der Waals surface area contributed by atoms with Crippen molar-refractivity contribution in [2.75, 3.05) is 32.7 Å². The van der Waals surface area contributed by atoms with Gasteiger partial charge in [0, 0.05) is 36.3 Å². The standard InChI is InChI=1S/C24H30N4O2/c29-20-14-28(23(30)22-17-9-6-10-19(17)25-26-22)15-24(20)18(13-27-11-4-5-12-27)21(24)16-7-2-1-3-8-16/h1-3,7-8,18,20-21,29H,4-6,9-15H2,(H,25,26)/t18-,20-,21-,24-/m1/s1. The Kier molecular flexibility index (Phi) is 4.29. The van der Waals surface area contributed by atoms with E-state index in [9.17, 15) is 9.90 Å². The van der Waals surface area contributed by atoms with Gasteiger partial charge in [-0.3, -0.25) is 9.89 Å². The molecule has 30 heavy (non-hydrogen) atoms. The molecule has 2 saturated heterocycles. The Labute approximate surface area is 177 Å². The van der Waals surface area contributed by atoms with Gasteiger partial charge in [0.05, 0.1) is 6.10 Å². The fraction of sp³-hybridized carbons (Fsp3) is 0.583. The summed E-state index contributed by atoms with van der Waals surface area (Å²) in [4.78, 5) is 17.8. The van der Waals surface area contributed by atoms with Crippen LogP contribution < -0.4 is 0 Å². The molecule has 6 heteroatoms. The molecule has 1 spiro atoms. The van der Waals surface area contributed by atoms with Crippen molar-refractivity contribution in [1.29, 1.82) is 0 Å². The molecule has 1 amide bonds. The van der Waals surface area contributed by atoms with Crippen molar-refractivity contribution in [3.05, 3.63) is 52.8 Å². The molecule has 0 bridgehead atoms. The number of H-pyrrole nitrogens is 1. The summed E-state index contributed by atoms with van der Waals surface area (Å²) in [5, 5.41) is 18.7. The highest BCUT2D eigenvalue weighted by Crippen LogP contribution is 2.69. The second-order valence-electron chi connectivity index (χ2n) is 9.70. The number of hydrogen-bond acceptors (Lipinski definition) is 4. The molecule has 4 atom stereocenters. The molecule has 2 aliphatic carbocycles. The predicted molar refractivity (Wildman–Crippen MR) is 113 cm³/mol. The van der Waals surface area contributed by atoms with Gasteiger partial charge in [0.15, 0.2) is 5.69 Å². The monoisotopic (exact) mass is 406 g/mol. The van der Waals surface area contributed by atoms with Gasteiger partial charge in [-0.25, -0.2) is 0 Å². The summed E-state index contributed by atoms with van der Waals surface area (Å²) in [5.74, 6) is 0.705. The second-order valence-corrected chi connectivity index (χ2v) is 9.70. The Bertz CT molecular complexity index is 951. The number of aliphatic hydroxyl groups is 1. The van der Waals surface area contributed by atoms with E-state index in [1.807, 2.05) is 11.0 Å². The number of nitrogens with zero attached hydrogens (tertiary/aromatic N) is 3. The summed E-state index contributed by atoms with van der Waals surface area (Å²) < 4.78 is 0. The van der Waals surface area contributed by atoms with Gasteiger partial charge in [0.1, 0.15) is 0 Å². The maximum Gasteiger partial charge on any atom is 0.274 e. The summed E-state index contributed by atoms with van der Waals surface area (Å²) >= 11 is 0. The summed E-state index contributed by atoms with van der Waals surface area (Å²) in [6.45, 7) is 4.39. The minimum Gasteiger partial charge on any atom is -0.391 e. The Balaban J connectivity index is 1.28. The van der Waals surface area contributed by atoms with E-state index in [0.29, 0.717) is 30.6 Å². The van der Waals surface area contributed by atoms with Crippen LogP contribution in [0.15, 0.2) is 30.3 Å². The number of aryl methyl sites for hydroxylation is 1. The number of amides is 1. The quantitative estimate of drug-likeness (QED) is 0.817. The number of aliphatic hydroxyl groups excluding tert-OH is 1. The highest BCUT2D eigenvalue weighted by Gasteiger charge is 2.71. The molecule has 6 nitrogen and oxygen atoms in total. The molecule has 1 aromatic carbocycles. The number of carbonyl (C=O) groups is 1. The third kappa shape index (κ3) is 2.70. The zero-order valence-electron chi connectivity index (χ0n) is 17.4. The van der Waals surface area contributed by atoms with Crippen LogP contribution in [0.1, 0.15) is 52.5 Å².